The van der Waals surface area contributed by atoms with Crippen LogP contribution in [0.3, 0.4) is 0 Å². The lowest BCUT2D eigenvalue weighted by Gasteiger charge is -2.29. The monoisotopic (exact) mass is 243 g/mol. The number of carbonyl (C=O) groups is 2. The maximum atomic E-state index is 11.5. The van der Waals surface area contributed by atoms with Crippen LogP contribution in [0.25, 0.3) is 0 Å². The van der Waals surface area contributed by atoms with Crippen LogP contribution in [0.1, 0.15) is 46.5 Å². The molecule has 0 bridgehead atoms. The van der Waals surface area contributed by atoms with Gasteiger partial charge in [0.25, 0.3) is 6.47 Å². The summed E-state index contributed by atoms with van der Waals surface area (Å²) in [5.74, 6) is 0. The van der Waals surface area contributed by atoms with E-state index in [1.165, 1.54) is 0 Å². The molecule has 5 nitrogen and oxygen atoms in total. The first-order valence-electron chi connectivity index (χ1n) is 5.99. The van der Waals surface area contributed by atoms with Gasteiger partial charge in [0.2, 0.25) is 0 Å². The number of carbonyl (C=O) groups excluding carboxylic acids is 2. The quantitative estimate of drug-likeness (QED) is 0.770. The molecular formula is C12H21NO4. The van der Waals surface area contributed by atoms with Crippen LogP contribution in [-0.4, -0.2) is 30.3 Å². The van der Waals surface area contributed by atoms with E-state index in [4.69, 9.17) is 9.47 Å². The van der Waals surface area contributed by atoms with E-state index in [-0.39, 0.29) is 12.1 Å². The van der Waals surface area contributed by atoms with Crippen molar-refractivity contribution in [2.24, 2.45) is 0 Å². The normalized spacial score (nSPS) is 24.9. The summed E-state index contributed by atoms with van der Waals surface area (Å²) < 4.78 is 10.1. The van der Waals surface area contributed by atoms with Crippen LogP contribution in [0, 0.1) is 0 Å². The molecule has 1 amide bonds. The zero-order valence-electron chi connectivity index (χ0n) is 10.7. The fraction of sp³-hybridized carbons (Fsp3) is 0.833. The van der Waals surface area contributed by atoms with Crippen LogP contribution in [0.5, 0.6) is 0 Å². The van der Waals surface area contributed by atoms with Gasteiger partial charge in [0.1, 0.15) is 11.7 Å². The highest BCUT2D eigenvalue weighted by atomic mass is 16.6. The second kappa shape index (κ2) is 5.89. The zero-order chi connectivity index (χ0) is 12.9. The first-order chi connectivity index (χ1) is 7.90. The third kappa shape index (κ3) is 5.56. The van der Waals surface area contributed by atoms with E-state index < -0.39 is 11.7 Å². The highest BCUT2D eigenvalue weighted by Crippen LogP contribution is 2.21. The molecule has 1 rings (SSSR count). The van der Waals surface area contributed by atoms with Crippen molar-refractivity contribution in [2.45, 2.75) is 64.2 Å². The largest absolute Gasteiger partial charge is 0.465 e. The zero-order valence-corrected chi connectivity index (χ0v) is 10.7. The van der Waals surface area contributed by atoms with Gasteiger partial charge in [-0.1, -0.05) is 0 Å². The molecule has 1 N–H and O–H groups in total. The molecule has 1 fully saturated rings. The Morgan fingerprint density at radius 3 is 2.65 bits per heavy atom. The van der Waals surface area contributed by atoms with Gasteiger partial charge in [-0.3, -0.25) is 4.79 Å². The molecule has 0 aliphatic heterocycles. The predicted molar refractivity (Wildman–Crippen MR) is 62.6 cm³/mol. The predicted octanol–water partition coefficient (Wildman–Crippen LogP) is 2.00. The Morgan fingerprint density at radius 2 is 2.06 bits per heavy atom. The summed E-state index contributed by atoms with van der Waals surface area (Å²) >= 11 is 0. The van der Waals surface area contributed by atoms with E-state index in [2.05, 4.69) is 5.32 Å². The molecule has 98 valence electrons. The van der Waals surface area contributed by atoms with Crippen LogP contribution < -0.4 is 5.32 Å². The number of hydrogen-bond acceptors (Lipinski definition) is 4. The molecule has 0 spiro atoms. The lowest BCUT2D eigenvalue weighted by atomic mass is 9.93. The Morgan fingerprint density at radius 1 is 1.35 bits per heavy atom. The standard InChI is InChI=1S/C12H21NO4/c1-12(2,3)17-11(15)13-9-5-4-6-10(7-9)16-8-14/h8-10H,4-7H2,1-3H3,(H,13,15)/t9-,10+/m1/s1. The molecule has 0 saturated heterocycles. The van der Waals surface area contributed by atoms with Gasteiger partial charge in [-0.2, -0.15) is 0 Å². The Bertz CT molecular complexity index is 272. The summed E-state index contributed by atoms with van der Waals surface area (Å²) in [6.45, 7) is 5.95. The van der Waals surface area contributed by atoms with E-state index in [1.54, 1.807) is 0 Å². The second-order valence-corrected chi connectivity index (χ2v) is 5.36. The second-order valence-electron chi connectivity index (χ2n) is 5.36. The highest BCUT2D eigenvalue weighted by molar-refractivity contribution is 5.68. The molecule has 0 heterocycles. The molecule has 0 unspecified atom stereocenters. The third-order valence-corrected chi connectivity index (χ3v) is 2.59. The maximum absolute atomic E-state index is 11.5. The average Bonchev–Trinajstić information content (AvgIpc) is 2.15. The van der Waals surface area contributed by atoms with Crippen LogP contribution >= 0.6 is 0 Å². The minimum atomic E-state index is -0.489. The number of hydrogen-bond donors (Lipinski definition) is 1. The van der Waals surface area contributed by atoms with Gasteiger partial charge in [-0.15, -0.1) is 0 Å². The van der Waals surface area contributed by atoms with Crippen LogP contribution in [-0.2, 0) is 14.3 Å². The Hall–Kier alpha value is -1.26. The molecule has 1 aliphatic rings. The highest BCUT2D eigenvalue weighted by Gasteiger charge is 2.26. The van der Waals surface area contributed by atoms with E-state index in [1.807, 2.05) is 20.8 Å². The number of ether oxygens (including phenoxy) is 2. The van der Waals surface area contributed by atoms with Crippen molar-refractivity contribution in [3.63, 3.8) is 0 Å². The fourth-order valence-electron chi connectivity index (χ4n) is 1.95. The van der Waals surface area contributed by atoms with Crippen molar-refractivity contribution in [2.75, 3.05) is 0 Å². The van der Waals surface area contributed by atoms with Crippen molar-refractivity contribution in [1.29, 1.82) is 0 Å². The van der Waals surface area contributed by atoms with E-state index in [0.29, 0.717) is 12.9 Å². The molecule has 0 aromatic carbocycles. The fourth-order valence-corrected chi connectivity index (χ4v) is 1.95. The number of alkyl carbamates (subject to hydrolysis) is 1. The Kier molecular flexibility index (Phi) is 4.78. The van der Waals surface area contributed by atoms with Gasteiger partial charge >= 0.3 is 6.09 Å². The first-order valence-corrected chi connectivity index (χ1v) is 5.99. The molecule has 0 radical (unpaired) electrons. The summed E-state index contributed by atoms with van der Waals surface area (Å²) in [5, 5.41) is 2.81. The minimum absolute atomic E-state index is 0.0311. The summed E-state index contributed by atoms with van der Waals surface area (Å²) in [5.41, 5.74) is -0.489. The van der Waals surface area contributed by atoms with Crippen molar-refractivity contribution in [3.05, 3.63) is 0 Å². The molecule has 2 atom stereocenters. The summed E-state index contributed by atoms with van der Waals surface area (Å²) in [6, 6.07) is 0.0311. The minimum Gasteiger partial charge on any atom is -0.465 e. The van der Waals surface area contributed by atoms with E-state index in [0.717, 1.165) is 19.3 Å². The van der Waals surface area contributed by atoms with Crippen molar-refractivity contribution >= 4 is 12.6 Å². The summed E-state index contributed by atoms with van der Waals surface area (Å²) in [6.07, 6.45) is 2.88. The van der Waals surface area contributed by atoms with Crippen LogP contribution in [0.4, 0.5) is 4.79 Å². The number of rotatable bonds is 3. The topological polar surface area (TPSA) is 64.6 Å². The van der Waals surface area contributed by atoms with Gasteiger partial charge < -0.3 is 14.8 Å². The molecular weight excluding hydrogens is 222 g/mol. The third-order valence-electron chi connectivity index (χ3n) is 2.59. The smallest absolute Gasteiger partial charge is 0.407 e. The van der Waals surface area contributed by atoms with Crippen LogP contribution in [0.15, 0.2) is 0 Å². The lowest BCUT2D eigenvalue weighted by Crippen LogP contribution is -2.42. The first kappa shape index (κ1) is 13.8. The molecule has 5 heteroatoms. The molecule has 1 aliphatic carbocycles. The summed E-state index contributed by atoms with van der Waals surface area (Å²) in [4.78, 5) is 21.8. The molecule has 17 heavy (non-hydrogen) atoms. The van der Waals surface area contributed by atoms with Crippen molar-refractivity contribution in [1.82, 2.24) is 5.32 Å². The van der Waals surface area contributed by atoms with Gasteiger partial charge in [0.05, 0.1) is 0 Å². The van der Waals surface area contributed by atoms with Crippen LogP contribution in [0.2, 0.25) is 0 Å². The van der Waals surface area contributed by atoms with E-state index >= 15 is 0 Å². The molecule has 0 aromatic rings. The van der Waals surface area contributed by atoms with Gasteiger partial charge in [-0.25, -0.2) is 4.79 Å². The van der Waals surface area contributed by atoms with Crippen molar-refractivity contribution < 1.29 is 19.1 Å². The van der Waals surface area contributed by atoms with Gasteiger partial charge in [0, 0.05) is 12.5 Å². The van der Waals surface area contributed by atoms with Crippen molar-refractivity contribution in [3.8, 4) is 0 Å². The SMILES string of the molecule is CC(C)(C)OC(=O)N[C@@H]1CCC[C@H](OC=O)C1. The Labute approximate surface area is 102 Å². The maximum Gasteiger partial charge on any atom is 0.407 e. The summed E-state index contributed by atoms with van der Waals surface area (Å²) in [7, 11) is 0. The average molecular weight is 243 g/mol. The Balaban J connectivity index is 2.35. The number of nitrogens with one attached hydrogen (secondary N) is 1. The van der Waals surface area contributed by atoms with Gasteiger partial charge in [-0.05, 0) is 40.0 Å². The number of amides is 1. The molecule has 0 aromatic heterocycles. The van der Waals surface area contributed by atoms with Gasteiger partial charge in [0.15, 0.2) is 0 Å². The molecule has 1 saturated carbocycles. The van der Waals surface area contributed by atoms with E-state index in [9.17, 15) is 9.59 Å². The lowest BCUT2D eigenvalue weighted by molar-refractivity contribution is -0.135.